The van der Waals surface area contributed by atoms with Crippen LogP contribution in [0.25, 0.3) is 4.96 Å². The van der Waals surface area contributed by atoms with E-state index in [0.717, 1.165) is 41.4 Å². The monoisotopic (exact) mass is 311 g/mol. The van der Waals surface area contributed by atoms with Crippen molar-refractivity contribution in [2.24, 2.45) is 11.8 Å². The van der Waals surface area contributed by atoms with Crippen molar-refractivity contribution in [1.82, 2.24) is 9.38 Å². The van der Waals surface area contributed by atoms with Gasteiger partial charge in [-0.3, -0.25) is 4.40 Å². The van der Waals surface area contributed by atoms with Gasteiger partial charge in [-0.2, -0.15) is 0 Å². The van der Waals surface area contributed by atoms with Crippen molar-refractivity contribution in [3.63, 3.8) is 0 Å². The largest absolute Gasteiger partial charge is 0.355 e. The standard InChI is InChI=1S/C15H22ClN3S/c1-11(2)12-4-3-6-18(7-5-12)14-13(10-16)19-8-9-20-15(19)17-14/h8-9,11-12H,3-7,10H2,1-2H3. The minimum atomic E-state index is 0.525. The molecular formula is C15H22ClN3S. The summed E-state index contributed by atoms with van der Waals surface area (Å²) in [6, 6.07) is 0. The van der Waals surface area contributed by atoms with E-state index in [1.54, 1.807) is 11.3 Å². The van der Waals surface area contributed by atoms with Gasteiger partial charge in [-0.25, -0.2) is 4.98 Å². The molecular weight excluding hydrogens is 290 g/mol. The fourth-order valence-electron chi connectivity index (χ4n) is 3.20. The van der Waals surface area contributed by atoms with E-state index in [4.69, 9.17) is 16.6 Å². The number of rotatable bonds is 3. The van der Waals surface area contributed by atoms with Crippen LogP contribution in [0.3, 0.4) is 0 Å². The van der Waals surface area contributed by atoms with Crippen LogP contribution in [0, 0.1) is 11.8 Å². The molecule has 0 aliphatic carbocycles. The summed E-state index contributed by atoms with van der Waals surface area (Å²) in [7, 11) is 0. The van der Waals surface area contributed by atoms with Gasteiger partial charge < -0.3 is 4.90 Å². The molecule has 0 radical (unpaired) electrons. The van der Waals surface area contributed by atoms with Crippen molar-refractivity contribution in [3.05, 3.63) is 17.3 Å². The Morgan fingerprint density at radius 2 is 2.25 bits per heavy atom. The van der Waals surface area contributed by atoms with Crippen LogP contribution in [0.1, 0.15) is 38.8 Å². The molecule has 110 valence electrons. The Hall–Kier alpha value is -0.740. The molecule has 1 saturated heterocycles. The number of hydrogen-bond donors (Lipinski definition) is 0. The fourth-order valence-corrected chi connectivity index (χ4v) is 4.18. The number of thiazole rings is 1. The summed E-state index contributed by atoms with van der Waals surface area (Å²) >= 11 is 7.84. The molecule has 0 bridgehead atoms. The number of nitrogens with zero attached hydrogens (tertiary/aromatic N) is 3. The number of imidazole rings is 1. The van der Waals surface area contributed by atoms with Gasteiger partial charge in [0.25, 0.3) is 0 Å². The van der Waals surface area contributed by atoms with Gasteiger partial charge in [-0.1, -0.05) is 13.8 Å². The molecule has 0 N–H and O–H groups in total. The number of hydrogen-bond acceptors (Lipinski definition) is 3. The first-order valence-corrected chi connectivity index (χ1v) is 8.87. The Labute approximate surface area is 129 Å². The van der Waals surface area contributed by atoms with Crippen LogP contribution in [0.4, 0.5) is 5.82 Å². The van der Waals surface area contributed by atoms with Gasteiger partial charge in [0.05, 0.1) is 11.6 Å². The van der Waals surface area contributed by atoms with Crippen LogP contribution in [-0.4, -0.2) is 22.5 Å². The third-order valence-corrected chi connectivity index (χ3v) is 5.49. The van der Waals surface area contributed by atoms with Crippen LogP contribution in [0.5, 0.6) is 0 Å². The zero-order chi connectivity index (χ0) is 14.1. The van der Waals surface area contributed by atoms with Gasteiger partial charge in [0.1, 0.15) is 0 Å². The first-order valence-electron chi connectivity index (χ1n) is 7.46. The van der Waals surface area contributed by atoms with Crippen LogP contribution in [-0.2, 0) is 5.88 Å². The SMILES string of the molecule is CC(C)C1CCCN(c2nc3sccn3c2CCl)CC1. The molecule has 20 heavy (non-hydrogen) atoms. The third-order valence-electron chi connectivity index (χ3n) is 4.48. The van der Waals surface area contributed by atoms with E-state index in [-0.39, 0.29) is 0 Å². The van der Waals surface area contributed by atoms with Gasteiger partial charge in [-0.15, -0.1) is 22.9 Å². The molecule has 0 amide bonds. The molecule has 2 aromatic rings. The van der Waals surface area contributed by atoms with Gasteiger partial charge >= 0.3 is 0 Å². The lowest BCUT2D eigenvalue weighted by Gasteiger charge is -2.22. The van der Waals surface area contributed by atoms with E-state index in [0.29, 0.717) is 5.88 Å². The molecule has 3 heterocycles. The summed E-state index contributed by atoms with van der Waals surface area (Å²) in [4.78, 5) is 8.30. The van der Waals surface area contributed by atoms with Crippen molar-refractivity contribution in [2.75, 3.05) is 18.0 Å². The zero-order valence-corrected chi connectivity index (χ0v) is 13.8. The summed E-state index contributed by atoms with van der Waals surface area (Å²) in [5.74, 6) is 3.27. The van der Waals surface area contributed by atoms with E-state index in [1.807, 2.05) is 0 Å². The molecule has 0 aromatic carbocycles. The third kappa shape index (κ3) is 2.56. The molecule has 3 nitrogen and oxygen atoms in total. The van der Waals surface area contributed by atoms with Gasteiger partial charge in [0, 0.05) is 24.7 Å². The number of halogens is 1. The maximum atomic E-state index is 6.17. The highest BCUT2D eigenvalue weighted by Gasteiger charge is 2.23. The molecule has 2 aromatic heterocycles. The Bertz CT molecular complexity index is 575. The minimum absolute atomic E-state index is 0.525. The molecule has 1 fully saturated rings. The average Bonchev–Trinajstić information content (AvgIpc) is 2.90. The lowest BCUT2D eigenvalue weighted by atomic mass is 9.89. The topological polar surface area (TPSA) is 20.5 Å². The number of anilines is 1. The lowest BCUT2D eigenvalue weighted by Crippen LogP contribution is -2.26. The van der Waals surface area contributed by atoms with Gasteiger partial charge in [0.2, 0.25) is 0 Å². The maximum Gasteiger partial charge on any atom is 0.195 e. The average molecular weight is 312 g/mol. The second kappa shape index (κ2) is 5.94. The highest BCUT2D eigenvalue weighted by Crippen LogP contribution is 2.30. The van der Waals surface area contributed by atoms with E-state index < -0.39 is 0 Å². The first-order chi connectivity index (χ1) is 9.70. The van der Waals surface area contributed by atoms with Crippen LogP contribution >= 0.6 is 22.9 Å². The van der Waals surface area contributed by atoms with Crippen LogP contribution < -0.4 is 4.90 Å². The van der Waals surface area contributed by atoms with Gasteiger partial charge in [0.15, 0.2) is 10.8 Å². The summed E-state index contributed by atoms with van der Waals surface area (Å²) in [6.07, 6.45) is 5.94. The summed E-state index contributed by atoms with van der Waals surface area (Å²) in [5.41, 5.74) is 1.14. The summed E-state index contributed by atoms with van der Waals surface area (Å²) in [6.45, 7) is 6.91. The molecule has 1 aliphatic rings. The first kappa shape index (κ1) is 14.2. The number of fused-ring (bicyclic) bond motifs is 1. The Balaban J connectivity index is 1.85. The summed E-state index contributed by atoms with van der Waals surface area (Å²) in [5, 5.41) is 2.07. The van der Waals surface area contributed by atoms with Crippen molar-refractivity contribution < 1.29 is 0 Å². The van der Waals surface area contributed by atoms with Crippen molar-refractivity contribution in [3.8, 4) is 0 Å². The highest BCUT2D eigenvalue weighted by atomic mass is 35.5. The zero-order valence-electron chi connectivity index (χ0n) is 12.2. The Morgan fingerprint density at radius 1 is 1.40 bits per heavy atom. The summed E-state index contributed by atoms with van der Waals surface area (Å²) < 4.78 is 2.14. The molecule has 1 unspecified atom stereocenters. The van der Waals surface area contributed by atoms with Crippen molar-refractivity contribution in [1.29, 1.82) is 0 Å². The maximum absolute atomic E-state index is 6.17. The van der Waals surface area contributed by atoms with Crippen LogP contribution in [0.2, 0.25) is 0 Å². The highest BCUT2D eigenvalue weighted by molar-refractivity contribution is 7.15. The Kier molecular flexibility index (Phi) is 4.22. The second-order valence-corrected chi connectivity index (χ2v) is 7.13. The molecule has 1 aliphatic heterocycles. The van der Waals surface area contributed by atoms with Crippen molar-refractivity contribution in [2.45, 2.75) is 39.0 Å². The predicted molar refractivity (Wildman–Crippen MR) is 87.0 cm³/mol. The molecule has 3 rings (SSSR count). The Morgan fingerprint density at radius 3 is 3.00 bits per heavy atom. The second-order valence-electron chi connectivity index (χ2n) is 5.99. The normalized spacial score (nSPS) is 20.8. The van der Waals surface area contributed by atoms with E-state index in [2.05, 4.69) is 34.7 Å². The van der Waals surface area contributed by atoms with E-state index >= 15 is 0 Å². The van der Waals surface area contributed by atoms with Gasteiger partial charge in [-0.05, 0) is 31.1 Å². The number of aromatic nitrogens is 2. The molecule has 0 saturated carbocycles. The van der Waals surface area contributed by atoms with E-state index in [1.165, 1.54) is 19.3 Å². The quantitative estimate of drug-likeness (QED) is 0.783. The molecule has 1 atom stereocenters. The van der Waals surface area contributed by atoms with Crippen molar-refractivity contribution >= 4 is 33.7 Å². The molecule has 0 spiro atoms. The smallest absolute Gasteiger partial charge is 0.195 e. The van der Waals surface area contributed by atoms with Crippen LogP contribution in [0.15, 0.2) is 11.6 Å². The predicted octanol–water partition coefficient (Wildman–Crippen LogP) is 4.40. The minimum Gasteiger partial charge on any atom is -0.355 e. The molecule has 5 heteroatoms. The fraction of sp³-hybridized carbons (Fsp3) is 0.667. The lowest BCUT2D eigenvalue weighted by molar-refractivity contribution is 0.351. The number of alkyl halides is 1. The van der Waals surface area contributed by atoms with E-state index in [9.17, 15) is 0 Å².